The number of carbonyl (C=O) groups is 1. The average molecular weight is 630 g/mol. The molecule has 4 aromatic rings. The minimum atomic E-state index is -4.17. The third kappa shape index (κ3) is 7.74. The van der Waals surface area contributed by atoms with Gasteiger partial charge in [-0.3, -0.25) is 0 Å². The molecule has 4 rings (SSSR count). The zero-order valence-corrected chi connectivity index (χ0v) is 28.4. The number of carbonyl (C=O) groups excluding carboxylic acids is 1. The number of hydrogen-bond donors (Lipinski definition) is 1. The maximum absolute atomic E-state index is 14.2. The number of nitrogens with one attached hydrogen (secondary N) is 1. The third-order valence-electron chi connectivity index (χ3n) is 8.38. The molecule has 0 saturated heterocycles. The Morgan fingerprint density at radius 1 is 0.773 bits per heavy atom. The summed E-state index contributed by atoms with van der Waals surface area (Å²) in [5, 5.41) is -0.222. The summed E-state index contributed by atoms with van der Waals surface area (Å²) in [7, 11) is -6.75. The van der Waals surface area contributed by atoms with Crippen molar-refractivity contribution in [2.24, 2.45) is 0 Å². The van der Waals surface area contributed by atoms with E-state index in [9.17, 15) is 13.2 Å². The Balaban J connectivity index is 1.83. The lowest BCUT2D eigenvalue weighted by molar-refractivity contribution is -0.156. The standard InChI is InChI=1S/C36H43NO5SSi/c1-27-18-24-32(25-19-27)43(39,40)37-36(5,34(38)41-26-28-14-10-8-11-15-28)33(42-44(6,7)35(2,3)4)31-22-20-30(21-23-31)29-16-12-9-13-17-29/h8-25,33,37H,26H2,1-7H3/t33-,36-/m1/s1. The number of sulfonamides is 1. The third-order valence-corrected chi connectivity index (χ3v) is 14.4. The molecule has 0 saturated carbocycles. The van der Waals surface area contributed by atoms with Gasteiger partial charge in [-0.05, 0) is 66.4 Å². The molecule has 0 fully saturated rings. The predicted octanol–water partition coefficient (Wildman–Crippen LogP) is 8.21. The molecule has 0 bridgehead atoms. The van der Waals surface area contributed by atoms with Gasteiger partial charge < -0.3 is 9.16 Å². The molecule has 0 spiro atoms. The molecule has 2 atom stereocenters. The van der Waals surface area contributed by atoms with Crippen molar-refractivity contribution in [3.63, 3.8) is 0 Å². The molecule has 0 unspecified atom stereocenters. The molecule has 1 N–H and O–H groups in total. The number of esters is 1. The van der Waals surface area contributed by atoms with Crippen LogP contribution in [-0.2, 0) is 30.6 Å². The summed E-state index contributed by atoms with van der Waals surface area (Å²) in [5.74, 6) is -0.729. The van der Waals surface area contributed by atoms with Gasteiger partial charge in [0.2, 0.25) is 10.0 Å². The lowest BCUT2D eigenvalue weighted by atomic mass is 9.89. The molecule has 0 aliphatic heterocycles. The second-order valence-corrected chi connectivity index (χ2v) is 19.4. The van der Waals surface area contributed by atoms with Crippen LogP contribution >= 0.6 is 0 Å². The van der Waals surface area contributed by atoms with Crippen LogP contribution in [0.4, 0.5) is 0 Å². The van der Waals surface area contributed by atoms with Gasteiger partial charge in [-0.25, -0.2) is 13.2 Å². The fourth-order valence-corrected chi connectivity index (χ4v) is 7.28. The minimum Gasteiger partial charge on any atom is -0.459 e. The Morgan fingerprint density at radius 2 is 1.30 bits per heavy atom. The number of hydrogen-bond acceptors (Lipinski definition) is 5. The minimum absolute atomic E-state index is 0.0126. The molecule has 0 aliphatic rings. The highest BCUT2D eigenvalue weighted by molar-refractivity contribution is 7.89. The molecule has 0 heterocycles. The molecule has 0 amide bonds. The van der Waals surface area contributed by atoms with Crippen LogP contribution in [0.3, 0.4) is 0 Å². The topological polar surface area (TPSA) is 81.7 Å². The fraction of sp³-hybridized carbons (Fsp3) is 0.306. The Morgan fingerprint density at radius 3 is 1.84 bits per heavy atom. The molecule has 8 heteroatoms. The summed E-state index contributed by atoms with van der Waals surface area (Å²) in [6, 6.07) is 33.6. The summed E-state index contributed by atoms with van der Waals surface area (Å²) >= 11 is 0. The van der Waals surface area contributed by atoms with Crippen molar-refractivity contribution in [3.8, 4) is 11.1 Å². The number of ether oxygens (including phenoxy) is 1. The first-order valence-electron chi connectivity index (χ1n) is 14.8. The molecule has 232 valence electrons. The molecular weight excluding hydrogens is 587 g/mol. The quantitative estimate of drug-likeness (QED) is 0.134. The molecule has 0 aliphatic carbocycles. The first kappa shape index (κ1) is 33.3. The van der Waals surface area contributed by atoms with E-state index in [2.05, 4.69) is 38.6 Å². The van der Waals surface area contributed by atoms with Crippen LogP contribution in [0, 0.1) is 6.92 Å². The van der Waals surface area contributed by atoms with Crippen LogP contribution in [0.2, 0.25) is 18.1 Å². The normalized spacial score (nSPS) is 14.4. The van der Waals surface area contributed by atoms with Crippen LogP contribution in [0.1, 0.15) is 50.5 Å². The van der Waals surface area contributed by atoms with Crippen molar-refractivity contribution in [3.05, 3.63) is 126 Å². The van der Waals surface area contributed by atoms with Crippen LogP contribution < -0.4 is 4.72 Å². The van der Waals surface area contributed by atoms with E-state index in [-0.39, 0.29) is 16.5 Å². The van der Waals surface area contributed by atoms with E-state index in [1.807, 2.05) is 91.9 Å². The summed E-state index contributed by atoms with van der Waals surface area (Å²) in [6.07, 6.45) is -0.989. The lowest BCUT2D eigenvalue weighted by Gasteiger charge is -2.44. The molecule has 4 aromatic carbocycles. The largest absolute Gasteiger partial charge is 0.459 e. The van der Waals surface area contributed by atoms with Crippen molar-refractivity contribution >= 4 is 24.3 Å². The van der Waals surface area contributed by atoms with Gasteiger partial charge in [0.1, 0.15) is 12.7 Å². The maximum Gasteiger partial charge on any atom is 0.330 e. The maximum atomic E-state index is 14.2. The van der Waals surface area contributed by atoms with Gasteiger partial charge in [0, 0.05) is 0 Å². The Bertz CT molecular complexity index is 1650. The van der Waals surface area contributed by atoms with E-state index in [0.29, 0.717) is 5.56 Å². The lowest BCUT2D eigenvalue weighted by Crippen LogP contribution is -2.59. The predicted molar refractivity (Wildman–Crippen MR) is 179 cm³/mol. The number of aryl methyl sites for hydroxylation is 1. The SMILES string of the molecule is Cc1ccc(S(=O)(=O)N[C@@](C)(C(=O)OCc2ccccc2)[C@H](O[Si](C)(C)C(C)(C)C)c2ccc(-c3ccccc3)cc2)cc1. The second-order valence-electron chi connectivity index (χ2n) is 12.9. The molecule has 0 aromatic heterocycles. The van der Waals surface area contributed by atoms with E-state index >= 15 is 0 Å². The van der Waals surface area contributed by atoms with Gasteiger partial charge in [0.05, 0.1) is 4.90 Å². The van der Waals surface area contributed by atoms with Crippen LogP contribution in [0.25, 0.3) is 11.1 Å². The first-order valence-corrected chi connectivity index (χ1v) is 19.2. The average Bonchev–Trinajstić information content (AvgIpc) is 2.99. The number of rotatable bonds is 11. The zero-order chi connectivity index (χ0) is 32.2. The molecule has 0 radical (unpaired) electrons. The highest BCUT2D eigenvalue weighted by Gasteiger charge is 2.51. The fourth-order valence-electron chi connectivity index (χ4n) is 4.60. The monoisotopic (exact) mass is 629 g/mol. The van der Waals surface area contributed by atoms with Crippen molar-refractivity contribution in [1.29, 1.82) is 0 Å². The van der Waals surface area contributed by atoms with Crippen molar-refractivity contribution in [1.82, 2.24) is 4.72 Å². The van der Waals surface area contributed by atoms with Crippen LogP contribution in [0.15, 0.2) is 114 Å². The van der Waals surface area contributed by atoms with Crippen molar-refractivity contribution in [2.75, 3.05) is 0 Å². The first-order chi connectivity index (χ1) is 20.6. The smallest absolute Gasteiger partial charge is 0.330 e. The summed E-state index contributed by atoms with van der Waals surface area (Å²) < 4.78 is 43.4. The Kier molecular flexibility index (Phi) is 10.00. The van der Waals surface area contributed by atoms with E-state index < -0.39 is 36.0 Å². The molecule has 44 heavy (non-hydrogen) atoms. The van der Waals surface area contributed by atoms with E-state index in [1.54, 1.807) is 19.1 Å². The van der Waals surface area contributed by atoms with Crippen LogP contribution in [0.5, 0.6) is 0 Å². The van der Waals surface area contributed by atoms with E-state index in [0.717, 1.165) is 22.3 Å². The van der Waals surface area contributed by atoms with Crippen LogP contribution in [-0.4, -0.2) is 28.2 Å². The van der Waals surface area contributed by atoms with Gasteiger partial charge in [-0.2, -0.15) is 4.72 Å². The van der Waals surface area contributed by atoms with Crippen molar-refractivity contribution in [2.45, 2.75) is 75.9 Å². The van der Waals surface area contributed by atoms with E-state index in [4.69, 9.17) is 9.16 Å². The summed E-state index contributed by atoms with van der Waals surface area (Å²) in [4.78, 5) is 14.3. The van der Waals surface area contributed by atoms with Gasteiger partial charge in [0.15, 0.2) is 13.9 Å². The van der Waals surface area contributed by atoms with Gasteiger partial charge >= 0.3 is 5.97 Å². The van der Waals surface area contributed by atoms with Gasteiger partial charge in [0.25, 0.3) is 0 Å². The highest BCUT2D eigenvalue weighted by atomic mass is 32.2. The summed E-state index contributed by atoms with van der Waals surface area (Å²) in [6.45, 7) is 13.9. The highest BCUT2D eigenvalue weighted by Crippen LogP contribution is 2.44. The van der Waals surface area contributed by atoms with Crippen molar-refractivity contribution < 1.29 is 22.4 Å². The second kappa shape index (κ2) is 13.2. The summed E-state index contributed by atoms with van der Waals surface area (Å²) in [5.41, 5.74) is 2.60. The molecule has 6 nitrogen and oxygen atoms in total. The Labute approximate surface area is 263 Å². The number of benzene rings is 4. The van der Waals surface area contributed by atoms with Gasteiger partial charge in [-0.15, -0.1) is 0 Å². The van der Waals surface area contributed by atoms with E-state index in [1.165, 1.54) is 12.1 Å². The molecular formula is C36H43NO5SSi. The van der Waals surface area contributed by atoms with Gasteiger partial charge in [-0.1, -0.05) is 123 Å². The Hall–Kier alpha value is -3.56. The zero-order valence-electron chi connectivity index (χ0n) is 26.6.